The van der Waals surface area contributed by atoms with Crippen molar-refractivity contribution in [2.45, 2.75) is 60.0 Å². The van der Waals surface area contributed by atoms with Crippen LogP contribution in [0.5, 0.6) is 0 Å². The van der Waals surface area contributed by atoms with Gasteiger partial charge < -0.3 is 5.32 Å². The van der Waals surface area contributed by atoms with E-state index in [2.05, 4.69) is 36.5 Å². The summed E-state index contributed by atoms with van der Waals surface area (Å²) in [5, 5.41) is 3.04. The van der Waals surface area contributed by atoms with E-state index < -0.39 is 0 Å². The SMILES string of the molecule is CCSc1ccc(CC(=O)Nc2ccc(C3(Sc4ccc(F)cc4)CCCCC3)cc2)cc1. The summed E-state index contributed by atoms with van der Waals surface area (Å²) in [6.45, 7) is 2.13. The number of benzene rings is 3. The van der Waals surface area contributed by atoms with Crippen LogP contribution in [-0.2, 0) is 16.0 Å². The predicted octanol–water partition coefficient (Wildman–Crippen LogP) is 8.07. The molecule has 3 aromatic rings. The standard InChI is InChI=1S/C28H30FNOS2/c1-2-32-25-14-6-21(7-15-25)20-27(31)30-24-12-8-22(9-13-24)28(18-4-3-5-19-28)33-26-16-10-23(29)11-17-26/h6-17H,2-5,18-20H2,1H3,(H,30,31). The fourth-order valence-corrected chi connectivity index (χ4v) is 6.55. The molecule has 5 heteroatoms. The van der Waals surface area contributed by atoms with Crippen molar-refractivity contribution in [2.24, 2.45) is 0 Å². The minimum absolute atomic E-state index is 0.00311. The first kappa shape index (κ1) is 23.9. The lowest BCUT2D eigenvalue weighted by atomic mass is 9.83. The van der Waals surface area contributed by atoms with E-state index in [-0.39, 0.29) is 16.5 Å². The molecule has 1 aliphatic rings. The monoisotopic (exact) mass is 479 g/mol. The van der Waals surface area contributed by atoms with Gasteiger partial charge in [0, 0.05) is 20.2 Å². The molecule has 1 saturated carbocycles. The summed E-state index contributed by atoms with van der Waals surface area (Å²) in [6, 6.07) is 23.3. The van der Waals surface area contributed by atoms with Crippen LogP contribution in [0.15, 0.2) is 82.6 Å². The Bertz CT molecular complexity index is 1040. The van der Waals surface area contributed by atoms with Crippen LogP contribution in [-0.4, -0.2) is 11.7 Å². The zero-order valence-electron chi connectivity index (χ0n) is 19.0. The third-order valence-electron chi connectivity index (χ3n) is 6.08. The number of nitrogens with one attached hydrogen (secondary N) is 1. The molecule has 0 spiro atoms. The molecule has 1 N–H and O–H groups in total. The van der Waals surface area contributed by atoms with E-state index in [1.54, 1.807) is 11.8 Å². The molecule has 1 fully saturated rings. The molecule has 0 unspecified atom stereocenters. The molecule has 3 aromatic carbocycles. The second-order valence-electron chi connectivity index (χ2n) is 8.49. The zero-order chi connectivity index (χ0) is 23.1. The molecule has 0 saturated heterocycles. The molecule has 0 bridgehead atoms. The van der Waals surface area contributed by atoms with Crippen molar-refractivity contribution in [3.63, 3.8) is 0 Å². The Morgan fingerprint density at radius 3 is 2.15 bits per heavy atom. The smallest absolute Gasteiger partial charge is 0.228 e. The molecular formula is C28H30FNOS2. The van der Waals surface area contributed by atoms with E-state index in [9.17, 15) is 9.18 Å². The molecule has 0 aromatic heterocycles. The van der Waals surface area contributed by atoms with Crippen molar-refractivity contribution in [2.75, 3.05) is 11.1 Å². The van der Waals surface area contributed by atoms with E-state index in [4.69, 9.17) is 0 Å². The Hall–Kier alpha value is -2.24. The molecular weight excluding hydrogens is 449 g/mol. The Kier molecular flexibility index (Phi) is 8.15. The van der Waals surface area contributed by atoms with Crippen LogP contribution >= 0.6 is 23.5 Å². The second-order valence-corrected chi connectivity index (χ2v) is 11.3. The van der Waals surface area contributed by atoms with Gasteiger partial charge >= 0.3 is 0 Å². The van der Waals surface area contributed by atoms with Gasteiger partial charge in [0.25, 0.3) is 0 Å². The molecule has 33 heavy (non-hydrogen) atoms. The largest absolute Gasteiger partial charge is 0.326 e. The van der Waals surface area contributed by atoms with Gasteiger partial charge in [-0.3, -0.25) is 4.79 Å². The Balaban J connectivity index is 1.42. The first-order valence-electron chi connectivity index (χ1n) is 11.6. The summed E-state index contributed by atoms with van der Waals surface area (Å²) in [5.41, 5.74) is 3.11. The molecule has 2 nitrogen and oxygen atoms in total. The summed E-state index contributed by atoms with van der Waals surface area (Å²) in [4.78, 5) is 14.9. The third kappa shape index (κ3) is 6.42. The summed E-state index contributed by atoms with van der Waals surface area (Å²) >= 11 is 3.64. The van der Waals surface area contributed by atoms with Gasteiger partial charge in [-0.1, -0.05) is 50.5 Å². The summed E-state index contributed by atoms with van der Waals surface area (Å²) in [6.07, 6.45) is 6.23. The van der Waals surface area contributed by atoms with E-state index in [0.29, 0.717) is 6.42 Å². The van der Waals surface area contributed by atoms with Crippen molar-refractivity contribution in [3.05, 3.63) is 89.7 Å². The second kappa shape index (κ2) is 11.3. The summed E-state index contributed by atoms with van der Waals surface area (Å²) in [7, 11) is 0. The van der Waals surface area contributed by atoms with Gasteiger partial charge in [0.1, 0.15) is 5.82 Å². The van der Waals surface area contributed by atoms with Crippen LogP contribution in [0.4, 0.5) is 10.1 Å². The number of hydrogen-bond donors (Lipinski definition) is 1. The van der Waals surface area contributed by atoms with Gasteiger partial charge in [-0.15, -0.1) is 23.5 Å². The normalized spacial score (nSPS) is 15.2. The molecule has 0 atom stereocenters. The van der Waals surface area contributed by atoms with E-state index >= 15 is 0 Å². The average Bonchev–Trinajstić information content (AvgIpc) is 2.83. The molecule has 0 aliphatic heterocycles. The Morgan fingerprint density at radius 1 is 0.879 bits per heavy atom. The lowest BCUT2D eigenvalue weighted by Crippen LogP contribution is -2.25. The highest BCUT2D eigenvalue weighted by Gasteiger charge is 2.35. The molecule has 1 aliphatic carbocycles. The van der Waals surface area contributed by atoms with Crippen molar-refractivity contribution < 1.29 is 9.18 Å². The van der Waals surface area contributed by atoms with E-state index in [1.807, 2.05) is 48.2 Å². The van der Waals surface area contributed by atoms with Gasteiger partial charge in [-0.25, -0.2) is 4.39 Å². The van der Waals surface area contributed by atoms with Crippen LogP contribution in [0.1, 0.15) is 50.2 Å². The van der Waals surface area contributed by atoms with Crippen molar-refractivity contribution in [3.8, 4) is 0 Å². The number of anilines is 1. The zero-order valence-corrected chi connectivity index (χ0v) is 20.6. The van der Waals surface area contributed by atoms with Crippen LogP contribution in [0.25, 0.3) is 0 Å². The first-order chi connectivity index (χ1) is 16.1. The van der Waals surface area contributed by atoms with Gasteiger partial charge in [-0.05, 0) is 78.3 Å². The number of amides is 1. The van der Waals surface area contributed by atoms with Crippen molar-refractivity contribution in [1.82, 2.24) is 0 Å². The number of thioether (sulfide) groups is 2. The molecule has 1 amide bonds. The minimum Gasteiger partial charge on any atom is -0.326 e. The van der Waals surface area contributed by atoms with Crippen molar-refractivity contribution in [1.29, 1.82) is 0 Å². The lowest BCUT2D eigenvalue weighted by Gasteiger charge is -2.37. The number of rotatable bonds is 8. The maximum absolute atomic E-state index is 13.4. The molecule has 4 rings (SSSR count). The van der Waals surface area contributed by atoms with Crippen molar-refractivity contribution >= 4 is 35.1 Å². The van der Waals surface area contributed by atoms with Crippen LogP contribution < -0.4 is 5.32 Å². The highest BCUT2D eigenvalue weighted by molar-refractivity contribution is 8.00. The lowest BCUT2D eigenvalue weighted by molar-refractivity contribution is -0.115. The Labute approximate surface area is 204 Å². The first-order valence-corrected chi connectivity index (χ1v) is 13.4. The number of carbonyl (C=O) groups excluding carboxylic acids is 1. The van der Waals surface area contributed by atoms with Gasteiger partial charge in [-0.2, -0.15) is 0 Å². The van der Waals surface area contributed by atoms with E-state index in [0.717, 1.165) is 34.7 Å². The van der Waals surface area contributed by atoms with Crippen LogP contribution in [0, 0.1) is 5.82 Å². The summed E-state index contributed by atoms with van der Waals surface area (Å²) in [5.74, 6) is 0.833. The van der Waals surface area contributed by atoms with Gasteiger partial charge in [0.2, 0.25) is 5.91 Å². The predicted molar refractivity (Wildman–Crippen MR) is 139 cm³/mol. The number of hydrogen-bond acceptors (Lipinski definition) is 3. The Morgan fingerprint density at radius 2 is 1.52 bits per heavy atom. The average molecular weight is 480 g/mol. The van der Waals surface area contributed by atoms with E-state index in [1.165, 1.54) is 41.9 Å². The molecule has 0 radical (unpaired) electrons. The topological polar surface area (TPSA) is 29.1 Å². The highest BCUT2D eigenvalue weighted by Crippen LogP contribution is 2.51. The summed E-state index contributed by atoms with van der Waals surface area (Å²) < 4.78 is 13.4. The quantitative estimate of drug-likeness (QED) is 0.331. The van der Waals surface area contributed by atoms with Crippen LogP contribution in [0.2, 0.25) is 0 Å². The number of halogens is 1. The third-order valence-corrected chi connectivity index (χ3v) is 8.52. The fourth-order valence-electron chi connectivity index (χ4n) is 4.42. The van der Waals surface area contributed by atoms with Crippen LogP contribution in [0.3, 0.4) is 0 Å². The highest BCUT2D eigenvalue weighted by atomic mass is 32.2. The maximum atomic E-state index is 13.4. The van der Waals surface area contributed by atoms with Gasteiger partial charge in [0.15, 0.2) is 0 Å². The minimum atomic E-state index is -0.201. The maximum Gasteiger partial charge on any atom is 0.228 e. The van der Waals surface area contributed by atoms with Gasteiger partial charge in [0.05, 0.1) is 6.42 Å². The molecule has 172 valence electrons. The fraction of sp³-hybridized carbons (Fsp3) is 0.321. The number of carbonyl (C=O) groups is 1. The molecule has 0 heterocycles.